The molecule has 1 saturated heterocycles. The van der Waals surface area contributed by atoms with Crippen molar-refractivity contribution in [1.82, 2.24) is 10.2 Å². The molecule has 0 atom stereocenters. The van der Waals surface area contributed by atoms with Crippen LogP contribution in [0.1, 0.15) is 29.6 Å². The summed E-state index contributed by atoms with van der Waals surface area (Å²) < 4.78 is 13.4. The van der Waals surface area contributed by atoms with Gasteiger partial charge in [0.15, 0.2) is 0 Å². The van der Waals surface area contributed by atoms with Crippen molar-refractivity contribution in [3.05, 3.63) is 28.5 Å². The molecule has 3 N–H and O–H groups in total. The summed E-state index contributed by atoms with van der Waals surface area (Å²) in [7, 11) is 0. The Morgan fingerprint density at radius 1 is 1.35 bits per heavy atom. The molecular formula is C14H19ClFN3O. The van der Waals surface area contributed by atoms with Crippen LogP contribution in [0.3, 0.4) is 0 Å². The number of piperidine rings is 1. The molecule has 4 nitrogen and oxygen atoms in total. The van der Waals surface area contributed by atoms with E-state index in [9.17, 15) is 9.18 Å². The molecule has 2 rings (SSSR count). The van der Waals surface area contributed by atoms with Crippen LogP contribution in [0.25, 0.3) is 0 Å². The number of nitrogen functional groups attached to an aromatic ring is 1. The lowest BCUT2D eigenvalue weighted by Crippen LogP contribution is -2.37. The highest BCUT2D eigenvalue weighted by Crippen LogP contribution is 2.21. The zero-order valence-corrected chi connectivity index (χ0v) is 12.0. The summed E-state index contributed by atoms with van der Waals surface area (Å²) in [5, 5.41) is 2.92. The van der Waals surface area contributed by atoms with Crippen LogP contribution in [0.5, 0.6) is 0 Å². The average molecular weight is 300 g/mol. The molecule has 0 saturated carbocycles. The van der Waals surface area contributed by atoms with E-state index in [1.165, 1.54) is 25.3 Å². The molecule has 20 heavy (non-hydrogen) atoms. The molecule has 1 aliphatic rings. The second kappa shape index (κ2) is 6.90. The van der Waals surface area contributed by atoms with Crippen LogP contribution in [0.4, 0.5) is 10.1 Å². The molecule has 1 fully saturated rings. The maximum Gasteiger partial charge on any atom is 0.253 e. The van der Waals surface area contributed by atoms with Crippen molar-refractivity contribution in [1.29, 1.82) is 0 Å². The van der Waals surface area contributed by atoms with Gasteiger partial charge in [0.2, 0.25) is 0 Å². The maximum atomic E-state index is 13.4. The quantitative estimate of drug-likeness (QED) is 0.839. The van der Waals surface area contributed by atoms with Crippen molar-refractivity contribution < 1.29 is 9.18 Å². The molecule has 1 amide bonds. The van der Waals surface area contributed by atoms with Gasteiger partial charge in [0.05, 0.1) is 11.3 Å². The predicted octanol–water partition coefficient (Wildman–Crippen LogP) is 2.28. The number of nitrogens with one attached hydrogen (secondary N) is 1. The molecule has 0 bridgehead atoms. The van der Waals surface area contributed by atoms with E-state index in [1.54, 1.807) is 0 Å². The van der Waals surface area contributed by atoms with E-state index in [0.29, 0.717) is 6.54 Å². The summed E-state index contributed by atoms with van der Waals surface area (Å²) in [5.41, 5.74) is 5.49. The van der Waals surface area contributed by atoms with E-state index >= 15 is 0 Å². The Morgan fingerprint density at radius 2 is 2.05 bits per heavy atom. The Bertz CT molecular complexity index is 490. The lowest BCUT2D eigenvalue weighted by atomic mass is 10.1. The highest BCUT2D eigenvalue weighted by Gasteiger charge is 2.15. The minimum absolute atomic E-state index is 0.0913. The Hall–Kier alpha value is -1.33. The summed E-state index contributed by atoms with van der Waals surface area (Å²) in [6.07, 6.45) is 3.70. The highest BCUT2D eigenvalue weighted by molar-refractivity contribution is 6.31. The number of likely N-dealkylation sites (tertiary alicyclic amines) is 1. The SMILES string of the molecule is Nc1c(F)cc(Cl)cc1C(=O)NCCN1CCCCC1. The molecular weight excluding hydrogens is 281 g/mol. The number of nitrogens with zero attached hydrogens (tertiary/aromatic N) is 1. The van der Waals surface area contributed by atoms with E-state index in [1.807, 2.05) is 0 Å². The van der Waals surface area contributed by atoms with Crippen LogP contribution in [0, 0.1) is 5.82 Å². The van der Waals surface area contributed by atoms with E-state index < -0.39 is 5.82 Å². The van der Waals surface area contributed by atoms with Crippen LogP contribution in [-0.4, -0.2) is 37.0 Å². The minimum Gasteiger partial charge on any atom is -0.396 e. The minimum atomic E-state index is -0.668. The first kappa shape index (κ1) is 15.1. The van der Waals surface area contributed by atoms with Gasteiger partial charge in [0, 0.05) is 18.1 Å². The van der Waals surface area contributed by atoms with Crippen LogP contribution < -0.4 is 11.1 Å². The number of nitrogens with two attached hydrogens (primary N) is 1. The summed E-state index contributed by atoms with van der Waals surface area (Å²) in [5.74, 6) is -1.06. The summed E-state index contributed by atoms with van der Waals surface area (Å²) in [6, 6.07) is 2.48. The van der Waals surface area contributed by atoms with Gasteiger partial charge in [-0.2, -0.15) is 0 Å². The topological polar surface area (TPSA) is 58.4 Å². The molecule has 1 aromatic rings. The molecule has 0 spiro atoms. The Morgan fingerprint density at radius 3 is 2.75 bits per heavy atom. The molecule has 0 aromatic heterocycles. The number of benzene rings is 1. The number of hydrogen-bond acceptors (Lipinski definition) is 3. The first-order chi connectivity index (χ1) is 9.58. The van der Waals surface area contributed by atoms with Gasteiger partial charge < -0.3 is 16.0 Å². The molecule has 1 aromatic carbocycles. The molecule has 0 radical (unpaired) electrons. The third-order valence-corrected chi connectivity index (χ3v) is 3.72. The molecule has 110 valence electrons. The number of anilines is 1. The Kier molecular flexibility index (Phi) is 5.20. The van der Waals surface area contributed by atoms with Crippen LogP contribution in [0.2, 0.25) is 5.02 Å². The smallest absolute Gasteiger partial charge is 0.253 e. The van der Waals surface area contributed by atoms with Crippen LogP contribution >= 0.6 is 11.6 Å². The molecule has 1 aliphatic heterocycles. The Labute approximate surface area is 123 Å². The summed E-state index contributed by atoms with van der Waals surface area (Å²) in [6.45, 7) is 3.47. The van der Waals surface area contributed by atoms with Crippen LogP contribution in [0.15, 0.2) is 12.1 Å². The molecule has 0 aliphatic carbocycles. The van der Waals surface area contributed by atoms with Crippen molar-refractivity contribution in [2.45, 2.75) is 19.3 Å². The van der Waals surface area contributed by atoms with Gasteiger partial charge in [0.25, 0.3) is 5.91 Å². The van der Waals surface area contributed by atoms with Crippen molar-refractivity contribution in [3.63, 3.8) is 0 Å². The first-order valence-corrected chi connectivity index (χ1v) is 7.21. The van der Waals surface area contributed by atoms with Crippen molar-refractivity contribution in [2.24, 2.45) is 0 Å². The molecule has 1 heterocycles. The third-order valence-electron chi connectivity index (χ3n) is 3.50. The van der Waals surface area contributed by atoms with Gasteiger partial charge in [-0.1, -0.05) is 18.0 Å². The van der Waals surface area contributed by atoms with E-state index in [2.05, 4.69) is 10.2 Å². The summed E-state index contributed by atoms with van der Waals surface area (Å²) >= 11 is 5.74. The second-order valence-corrected chi connectivity index (χ2v) is 5.44. The van der Waals surface area contributed by atoms with Gasteiger partial charge in [-0.25, -0.2) is 4.39 Å². The average Bonchev–Trinajstić information content (AvgIpc) is 2.44. The number of carbonyl (C=O) groups is 1. The largest absolute Gasteiger partial charge is 0.396 e. The Balaban J connectivity index is 1.88. The number of rotatable bonds is 4. The van der Waals surface area contributed by atoms with E-state index in [-0.39, 0.29) is 22.2 Å². The third kappa shape index (κ3) is 3.84. The first-order valence-electron chi connectivity index (χ1n) is 6.83. The highest BCUT2D eigenvalue weighted by atomic mass is 35.5. The maximum absolute atomic E-state index is 13.4. The van der Waals surface area contributed by atoms with Crippen molar-refractivity contribution in [3.8, 4) is 0 Å². The monoisotopic (exact) mass is 299 g/mol. The van der Waals surface area contributed by atoms with Gasteiger partial charge in [-0.05, 0) is 38.1 Å². The van der Waals surface area contributed by atoms with E-state index in [0.717, 1.165) is 25.7 Å². The van der Waals surface area contributed by atoms with Gasteiger partial charge in [-0.3, -0.25) is 4.79 Å². The number of hydrogen-bond donors (Lipinski definition) is 2. The van der Waals surface area contributed by atoms with Gasteiger partial charge in [0.1, 0.15) is 5.82 Å². The fraction of sp³-hybridized carbons (Fsp3) is 0.500. The predicted molar refractivity (Wildman–Crippen MR) is 78.4 cm³/mol. The fourth-order valence-corrected chi connectivity index (χ4v) is 2.58. The van der Waals surface area contributed by atoms with E-state index in [4.69, 9.17) is 17.3 Å². The number of halogens is 2. The fourth-order valence-electron chi connectivity index (χ4n) is 2.38. The van der Waals surface area contributed by atoms with Crippen molar-refractivity contribution >= 4 is 23.2 Å². The zero-order chi connectivity index (χ0) is 14.5. The van der Waals surface area contributed by atoms with Crippen LogP contribution in [-0.2, 0) is 0 Å². The second-order valence-electron chi connectivity index (χ2n) is 5.01. The number of amides is 1. The lowest BCUT2D eigenvalue weighted by Gasteiger charge is -2.26. The molecule has 6 heteroatoms. The summed E-state index contributed by atoms with van der Waals surface area (Å²) in [4.78, 5) is 14.3. The number of carbonyl (C=O) groups excluding carboxylic acids is 1. The van der Waals surface area contributed by atoms with Gasteiger partial charge >= 0.3 is 0 Å². The lowest BCUT2D eigenvalue weighted by molar-refractivity contribution is 0.0947. The normalized spacial score (nSPS) is 16.1. The zero-order valence-electron chi connectivity index (χ0n) is 11.3. The van der Waals surface area contributed by atoms with Crippen molar-refractivity contribution in [2.75, 3.05) is 31.9 Å². The molecule has 0 unspecified atom stereocenters. The standard InChI is InChI=1S/C14H19ClFN3O/c15-10-8-11(13(17)12(16)9-10)14(20)18-4-7-19-5-2-1-3-6-19/h8-9H,1-7,17H2,(H,18,20). The van der Waals surface area contributed by atoms with Gasteiger partial charge in [-0.15, -0.1) is 0 Å².